The van der Waals surface area contributed by atoms with Crippen LogP contribution in [0.15, 0.2) is 0 Å². The van der Waals surface area contributed by atoms with Crippen molar-refractivity contribution in [2.45, 2.75) is 46.0 Å². The second-order valence-electron chi connectivity index (χ2n) is 8.23. The normalized spacial score (nSPS) is 67.9. The van der Waals surface area contributed by atoms with E-state index in [4.69, 9.17) is 0 Å². The number of fused-ring (bicyclic) bond motifs is 12. The Morgan fingerprint density at radius 2 is 1.19 bits per heavy atom. The smallest absolute Gasteiger partial charge is 0.0292 e. The van der Waals surface area contributed by atoms with Crippen molar-refractivity contribution in [2.24, 2.45) is 52.8 Å². The van der Waals surface area contributed by atoms with Crippen LogP contribution in [0.5, 0.6) is 0 Å². The molecule has 16 heavy (non-hydrogen) atoms. The summed E-state index contributed by atoms with van der Waals surface area (Å²) in [6, 6.07) is 0. The van der Waals surface area contributed by atoms with Crippen molar-refractivity contribution in [3.05, 3.63) is 0 Å². The van der Waals surface area contributed by atoms with Crippen molar-refractivity contribution in [3.63, 3.8) is 0 Å². The summed E-state index contributed by atoms with van der Waals surface area (Å²) in [5, 5.41) is 0. The maximum atomic E-state index is 2.61. The average molecular weight is 216 g/mol. The highest BCUT2D eigenvalue weighted by molar-refractivity contribution is 5.19. The van der Waals surface area contributed by atoms with Gasteiger partial charge in [-0.2, -0.15) is 0 Å². The highest BCUT2D eigenvalue weighted by atomic mass is 14.8. The number of hydrogen-bond acceptors (Lipinski definition) is 0. The Balaban J connectivity index is 1.62. The van der Waals surface area contributed by atoms with Crippen LogP contribution in [0, 0.1) is 52.8 Å². The van der Waals surface area contributed by atoms with Gasteiger partial charge in [0.15, 0.2) is 0 Å². The summed E-state index contributed by atoms with van der Waals surface area (Å²) in [6.07, 6.45) is 8.03. The minimum atomic E-state index is 0.718. The lowest BCUT2D eigenvalue weighted by Crippen LogP contribution is -2.42. The topological polar surface area (TPSA) is 0 Å². The molecule has 8 atom stereocenters. The van der Waals surface area contributed by atoms with Gasteiger partial charge in [0.2, 0.25) is 0 Å². The summed E-state index contributed by atoms with van der Waals surface area (Å²) < 4.78 is 0. The summed E-state index contributed by atoms with van der Waals surface area (Å²) in [5.74, 6) is 9.45. The van der Waals surface area contributed by atoms with Gasteiger partial charge < -0.3 is 0 Å². The molecular formula is C16H24. The summed E-state index contributed by atoms with van der Waals surface area (Å²) in [5.41, 5.74) is 0.718. The van der Waals surface area contributed by atoms with E-state index in [9.17, 15) is 0 Å². The molecule has 5 saturated carbocycles. The molecule has 0 heterocycles. The summed E-state index contributed by atoms with van der Waals surface area (Å²) in [4.78, 5) is 0. The quantitative estimate of drug-likeness (QED) is 0.538. The molecule has 88 valence electrons. The molecule has 0 aromatic carbocycles. The lowest BCUT2D eigenvalue weighted by atomic mass is 9.56. The molecular weight excluding hydrogens is 192 g/mol. The van der Waals surface area contributed by atoms with Crippen LogP contribution in [0.2, 0.25) is 0 Å². The lowest BCUT2D eigenvalue weighted by molar-refractivity contribution is -0.00279. The van der Waals surface area contributed by atoms with E-state index in [0.29, 0.717) is 0 Å². The lowest BCUT2D eigenvalue weighted by Gasteiger charge is -2.49. The molecule has 0 aromatic rings. The molecule has 0 aromatic heterocycles. The van der Waals surface area contributed by atoms with Crippen LogP contribution in [-0.2, 0) is 0 Å². The summed E-state index contributed by atoms with van der Waals surface area (Å²) in [6.45, 7) is 5.21. The van der Waals surface area contributed by atoms with Crippen molar-refractivity contribution < 1.29 is 0 Å². The second-order valence-corrected chi connectivity index (χ2v) is 8.23. The summed E-state index contributed by atoms with van der Waals surface area (Å²) in [7, 11) is 0. The first-order valence-corrected chi connectivity index (χ1v) is 7.69. The predicted octanol–water partition coefficient (Wildman–Crippen LogP) is 3.96. The monoisotopic (exact) mass is 216 g/mol. The van der Waals surface area contributed by atoms with E-state index in [1.165, 1.54) is 35.5 Å². The molecule has 5 aliphatic carbocycles. The Morgan fingerprint density at radius 3 is 1.62 bits per heavy atom. The Labute approximate surface area is 99.2 Å². The zero-order chi connectivity index (χ0) is 10.7. The van der Waals surface area contributed by atoms with Crippen molar-refractivity contribution in [1.82, 2.24) is 0 Å². The maximum absolute atomic E-state index is 2.61. The zero-order valence-corrected chi connectivity index (χ0v) is 10.7. The molecule has 8 unspecified atom stereocenters. The molecule has 0 radical (unpaired) electrons. The van der Waals surface area contributed by atoms with Gasteiger partial charge in [-0.1, -0.05) is 13.8 Å². The first-order chi connectivity index (χ1) is 7.69. The van der Waals surface area contributed by atoms with Gasteiger partial charge in [-0.05, 0) is 84.9 Å². The van der Waals surface area contributed by atoms with Crippen LogP contribution in [0.3, 0.4) is 0 Å². The van der Waals surface area contributed by atoms with E-state index in [1.54, 1.807) is 32.1 Å². The van der Waals surface area contributed by atoms with Crippen molar-refractivity contribution in [2.75, 3.05) is 0 Å². The van der Waals surface area contributed by atoms with Crippen LogP contribution in [0.1, 0.15) is 46.0 Å². The van der Waals surface area contributed by atoms with E-state index < -0.39 is 0 Å². The van der Waals surface area contributed by atoms with Crippen molar-refractivity contribution in [3.8, 4) is 0 Å². The Morgan fingerprint density at radius 1 is 0.688 bits per heavy atom. The molecule has 5 fully saturated rings. The molecule has 5 rings (SSSR count). The zero-order valence-electron chi connectivity index (χ0n) is 10.7. The van der Waals surface area contributed by atoms with Crippen molar-refractivity contribution >= 4 is 0 Å². The van der Waals surface area contributed by atoms with Gasteiger partial charge in [0.25, 0.3) is 0 Å². The van der Waals surface area contributed by atoms with Crippen LogP contribution >= 0.6 is 0 Å². The predicted molar refractivity (Wildman–Crippen MR) is 64.8 cm³/mol. The highest BCUT2D eigenvalue weighted by Crippen LogP contribution is 2.77. The van der Waals surface area contributed by atoms with Crippen LogP contribution in [-0.4, -0.2) is 0 Å². The molecule has 0 spiro atoms. The molecule has 0 nitrogen and oxygen atoms in total. The minimum Gasteiger partial charge on any atom is -0.0594 e. The summed E-state index contributed by atoms with van der Waals surface area (Å²) >= 11 is 0. The molecule has 0 heteroatoms. The first-order valence-electron chi connectivity index (χ1n) is 7.69. The minimum absolute atomic E-state index is 0.718. The standard InChI is InChI=1S/C16H24/c1-16(2)12-5-6-13(16)15-11-7-10(14(12)15)8-3-4-9(8)11/h8-15H,3-7H2,1-2H3. The SMILES string of the molecule is CC1(C)C2CCC1C1C3CC(C4CCC43)C12. The van der Waals surface area contributed by atoms with Gasteiger partial charge in [-0.25, -0.2) is 0 Å². The highest BCUT2D eigenvalue weighted by Gasteiger charge is 2.71. The van der Waals surface area contributed by atoms with Gasteiger partial charge in [0, 0.05) is 0 Å². The van der Waals surface area contributed by atoms with Gasteiger partial charge in [-0.3, -0.25) is 0 Å². The molecule has 0 amide bonds. The van der Waals surface area contributed by atoms with Gasteiger partial charge in [-0.15, -0.1) is 0 Å². The van der Waals surface area contributed by atoms with Crippen LogP contribution < -0.4 is 0 Å². The fourth-order valence-corrected chi connectivity index (χ4v) is 7.62. The van der Waals surface area contributed by atoms with E-state index in [1.807, 2.05) is 0 Å². The fourth-order valence-electron chi connectivity index (χ4n) is 7.62. The Kier molecular flexibility index (Phi) is 1.35. The molecule has 0 aliphatic heterocycles. The van der Waals surface area contributed by atoms with Crippen LogP contribution in [0.4, 0.5) is 0 Å². The van der Waals surface area contributed by atoms with E-state index in [0.717, 1.165) is 17.3 Å². The fraction of sp³-hybridized carbons (Fsp3) is 1.00. The van der Waals surface area contributed by atoms with Gasteiger partial charge in [0.05, 0.1) is 0 Å². The molecule has 4 bridgehead atoms. The van der Waals surface area contributed by atoms with E-state index in [-0.39, 0.29) is 0 Å². The van der Waals surface area contributed by atoms with E-state index >= 15 is 0 Å². The van der Waals surface area contributed by atoms with Crippen molar-refractivity contribution in [1.29, 1.82) is 0 Å². The van der Waals surface area contributed by atoms with Gasteiger partial charge in [0.1, 0.15) is 0 Å². The van der Waals surface area contributed by atoms with Gasteiger partial charge >= 0.3 is 0 Å². The number of rotatable bonds is 0. The third kappa shape index (κ3) is 0.703. The second kappa shape index (κ2) is 2.40. The third-order valence-corrected chi connectivity index (χ3v) is 8.09. The third-order valence-electron chi connectivity index (χ3n) is 8.09. The first kappa shape index (κ1) is 9.00. The molecule has 0 N–H and O–H groups in total. The maximum Gasteiger partial charge on any atom is -0.0292 e. The largest absolute Gasteiger partial charge is 0.0594 e. The molecule has 0 saturated heterocycles. The average Bonchev–Trinajstić information content (AvgIpc) is 2.80. The van der Waals surface area contributed by atoms with Crippen LogP contribution in [0.25, 0.3) is 0 Å². The number of hydrogen-bond donors (Lipinski definition) is 0. The Bertz CT molecular complexity index is 323. The van der Waals surface area contributed by atoms with E-state index in [2.05, 4.69) is 13.8 Å². The Hall–Kier alpha value is 0. The molecule has 5 aliphatic rings.